The van der Waals surface area contributed by atoms with Gasteiger partial charge in [0.15, 0.2) is 0 Å². The van der Waals surface area contributed by atoms with Crippen LogP contribution in [-0.4, -0.2) is 41.6 Å². The Morgan fingerprint density at radius 1 is 1.53 bits per heavy atom. The lowest BCUT2D eigenvalue weighted by Gasteiger charge is -2.24. The molecule has 0 heterocycles. The zero-order valence-corrected chi connectivity index (χ0v) is 10.9. The number of oxime groups is 1. The third-order valence-corrected chi connectivity index (χ3v) is 2.59. The number of hydrogen-bond acceptors (Lipinski definition) is 3. The lowest BCUT2D eigenvalue weighted by Crippen LogP contribution is -2.44. The Morgan fingerprint density at radius 2 is 2.18 bits per heavy atom. The normalized spacial score (nSPS) is 13.2. The summed E-state index contributed by atoms with van der Waals surface area (Å²) in [6, 6.07) is -0.0986. The summed E-state index contributed by atoms with van der Waals surface area (Å²) in [4.78, 5) is 13.4. The summed E-state index contributed by atoms with van der Waals surface area (Å²) in [5, 5.41) is 14.3. The highest BCUT2D eigenvalue weighted by Gasteiger charge is 2.16. The van der Waals surface area contributed by atoms with Gasteiger partial charge in [-0.15, -0.1) is 0 Å². The fourth-order valence-electron chi connectivity index (χ4n) is 1.36. The monoisotopic (exact) mass is 244 g/mol. The van der Waals surface area contributed by atoms with Crippen molar-refractivity contribution >= 4 is 11.9 Å². The molecule has 0 saturated heterocycles. The van der Waals surface area contributed by atoms with E-state index in [1.807, 2.05) is 13.8 Å². The zero-order valence-electron chi connectivity index (χ0n) is 10.9. The topological polar surface area (TPSA) is 91.0 Å². The number of carbonyl (C=O) groups is 1. The summed E-state index contributed by atoms with van der Waals surface area (Å²) in [6.45, 7) is 7.52. The third kappa shape index (κ3) is 5.99. The van der Waals surface area contributed by atoms with E-state index in [2.05, 4.69) is 17.4 Å². The zero-order chi connectivity index (χ0) is 13.3. The molecular weight excluding hydrogens is 220 g/mol. The van der Waals surface area contributed by atoms with E-state index in [0.717, 1.165) is 12.8 Å². The third-order valence-electron chi connectivity index (χ3n) is 2.59. The van der Waals surface area contributed by atoms with Gasteiger partial charge in [0.05, 0.1) is 0 Å². The molecule has 0 bridgehead atoms. The standard InChI is InChI=1S/C11H24N4O2/c1-4-6-7-13-11(16)15(5-2)8-9(3)10(12)14-17/h9,17H,4-8H2,1-3H3,(H2,12,14)(H,13,16). The summed E-state index contributed by atoms with van der Waals surface area (Å²) < 4.78 is 0. The molecule has 0 aromatic rings. The van der Waals surface area contributed by atoms with Crippen LogP contribution in [-0.2, 0) is 0 Å². The lowest BCUT2D eigenvalue weighted by atomic mass is 10.1. The SMILES string of the molecule is CCCCNC(=O)N(CC)CC(C)/C(N)=N/O. The van der Waals surface area contributed by atoms with Crippen LogP contribution in [0.5, 0.6) is 0 Å². The van der Waals surface area contributed by atoms with Crippen LogP contribution in [0.15, 0.2) is 5.16 Å². The minimum absolute atomic E-state index is 0.0986. The van der Waals surface area contributed by atoms with E-state index in [4.69, 9.17) is 10.9 Å². The molecule has 0 aliphatic heterocycles. The molecule has 0 aliphatic carbocycles. The minimum Gasteiger partial charge on any atom is -0.409 e. The number of unbranched alkanes of at least 4 members (excludes halogenated alkanes) is 1. The van der Waals surface area contributed by atoms with Crippen molar-refractivity contribution in [3.63, 3.8) is 0 Å². The fourth-order valence-corrected chi connectivity index (χ4v) is 1.36. The van der Waals surface area contributed by atoms with Crippen LogP contribution in [0, 0.1) is 5.92 Å². The fraction of sp³-hybridized carbons (Fsp3) is 0.818. The van der Waals surface area contributed by atoms with Crippen LogP contribution in [0.25, 0.3) is 0 Å². The Balaban J connectivity index is 4.18. The Morgan fingerprint density at radius 3 is 2.65 bits per heavy atom. The van der Waals surface area contributed by atoms with Gasteiger partial charge in [0.25, 0.3) is 0 Å². The average molecular weight is 244 g/mol. The lowest BCUT2D eigenvalue weighted by molar-refractivity contribution is 0.196. The summed E-state index contributed by atoms with van der Waals surface area (Å²) in [7, 11) is 0. The minimum atomic E-state index is -0.156. The highest BCUT2D eigenvalue weighted by Crippen LogP contribution is 2.01. The molecule has 0 rings (SSSR count). The van der Waals surface area contributed by atoms with Crippen LogP contribution < -0.4 is 11.1 Å². The highest BCUT2D eigenvalue weighted by atomic mass is 16.4. The van der Waals surface area contributed by atoms with Crippen molar-refractivity contribution in [3.8, 4) is 0 Å². The molecule has 1 atom stereocenters. The molecule has 6 nitrogen and oxygen atoms in total. The first-order chi connectivity index (χ1) is 8.06. The molecule has 6 heteroatoms. The van der Waals surface area contributed by atoms with Gasteiger partial charge in [0.2, 0.25) is 0 Å². The molecule has 17 heavy (non-hydrogen) atoms. The Bertz CT molecular complexity index is 256. The number of amidine groups is 1. The van der Waals surface area contributed by atoms with E-state index in [1.54, 1.807) is 4.90 Å². The number of nitrogens with one attached hydrogen (secondary N) is 1. The van der Waals surface area contributed by atoms with E-state index in [9.17, 15) is 4.79 Å². The Kier molecular flexibility index (Phi) is 7.92. The molecule has 0 spiro atoms. The van der Waals surface area contributed by atoms with Crippen molar-refractivity contribution in [1.29, 1.82) is 0 Å². The van der Waals surface area contributed by atoms with E-state index >= 15 is 0 Å². The van der Waals surface area contributed by atoms with Gasteiger partial charge in [-0.3, -0.25) is 0 Å². The molecule has 2 amide bonds. The maximum atomic E-state index is 11.8. The first-order valence-electron chi connectivity index (χ1n) is 6.06. The Hall–Kier alpha value is -1.46. The highest BCUT2D eigenvalue weighted by molar-refractivity contribution is 5.83. The summed E-state index contributed by atoms with van der Waals surface area (Å²) in [6.07, 6.45) is 2.02. The predicted octanol–water partition coefficient (Wildman–Crippen LogP) is 1.20. The van der Waals surface area contributed by atoms with Gasteiger partial charge >= 0.3 is 6.03 Å². The first kappa shape index (κ1) is 15.5. The number of amides is 2. The summed E-state index contributed by atoms with van der Waals surface area (Å²) >= 11 is 0. The van der Waals surface area contributed by atoms with Crippen molar-refractivity contribution in [3.05, 3.63) is 0 Å². The van der Waals surface area contributed by atoms with Crippen LogP contribution >= 0.6 is 0 Å². The van der Waals surface area contributed by atoms with Gasteiger partial charge in [-0.1, -0.05) is 25.4 Å². The van der Waals surface area contributed by atoms with Crippen molar-refractivity contribution < 1.29 is 10.0 Å². The van der Waals surface area contributed by atoms with Crippen LogP contribution in [0.4, 0.5) is 4.79 Å². The van der Waals surface area contributed by atoms with Crippen molar-refractivity contribution in [2.24, 2.45) is 16.8 Å². The van der Waals surface area contributed by atoms with E-state index in [-0.39, 0.29) is 17.8 Å². The van der Waals surface area contributed by atoms with E-state index in [0.29, 0.717) is 19.6 Å². The summed E-state index contributed by atoms with van der Waals surface area (Å²) in [5.41, 5.74) is 5.48. The van der Waals surface area contributed by atoms with Crippen LogP contribution in [0.1, 0.15) is 33.6 Å². The van der Waals surface area contributed by atoms with Gasteiger partial charge in [0, 0.05) is 25.6 Å². The quantitative estimate of drug-likeness (QED) is 0.207. The predicted molar refractivity (Wildman–Crippen MR) is 68.1 cm³/mol. The number of carbonyl (C=O) groups excluding carboxylic acids is 1. The number of urea groups is 1. The second-order valence-electron chi connectivity index (χ2n) is 4.05. The molecule has 4 N–H and O–H groups in total. The molecule has 0 radical (unpaired) electrons. The number of nitrogens with two attached hydrogens (primary N) is 1. The Labute approximate surface area is 103 Å². The maximum absolute atomic E-state index is 11.8. The number of hydrogen-bond donors (Lipinski definition) is 3. The molecule has 1 unspecified atom stereocenters. The van der Waals surface area contributed by atoms with Crippen molar-refractivity contribution in [2.75, 3.05) is 19.6 Å². The number of rotatable bonds is 7. The molecule has 0 aliphatic rings. The van der Waals surface area contributed by atoms with Gasteiger partial charge in [-0.05, 0) is 13.3 Å². The van der Waals surface area contributed by atoms with Gasteiger partial charge in [-0.25, -0.2) is 4.79 Å². The maximum Gasteiger partial charge on any atom is 0.317 e. The van der Waals surface area contributed by atoms with E-state index < -0.39 is 0 Å². The van der Waals surface area contributed by atoms with Crippen LogP contribution in [0.2, 0.25) is 0 Å². The van der Waals surface area contributed by atoms with Gasteiger partial charge in [-0.2, -0.15) is 0 Å². The molecule has 0 saturated carbocycles. The molecule has 0 aromatic heterocycles. The second kappa shape index (κ2) is 8.66. The molecule has 0 aromatic carbocycles. The van der Waals surface area contributed by atoms with Crippen LogP contribution in [0.3, 0.4) is 0 Å². The number of nitrogens with zero attached hydrogens (tertiary/aromatic N) is 2. The average Bonchev–Trinajstić information content (AvgIpc) is 2.34. The van der Waals surface area contributed by atoms with Crippen molar-refractivity contribution in [1.82, 2.24) is 10.2 Å². The molecule has 0 fully saturated rings. The molecular formula is C11H24N4O2. The van der Waals surface area contributed by atoms with Crippen molar-refractivity contribution in [2.45, 2.75) is 33.6 Å². The molecule has 100 valence electrons. The smallest absolute Gasteiger partial charge is 0.317 e. The largest absolute Gasteiger partial charge is 0.409 e. The van der Waals surface area contributed by atoms with E-state index in [1.165, 1.54) is 0 Å². The van der Waals surface area contributed by atoms with Gasteiger partial charge in [0.1, 0.15) is 5.84 Å². The van der Waals surface area contributed by atoms with Gasteiger partial charge < -0.3 is 21.2 Å². The second-order valence-corrected chi connectivity index (χ2v) is 4.05. The first-order valence-corrected chi connectivity index (χ1v) is 6.06. The summed E-state index contributed by atoms with van der Waals surface area (Å²) in [5.74, 6) is -0.0123.